The molecule has 1 saturated carbocycles. The first kappa shape index (κ1) is 21.9. The van der Waals surface area contributed by atoms with Crippen LogP contribution in [0.3, 0.4) is 0 Å². The van der Waals surface area contributed by atoms with Gasteiger partial charge in [-0.05, 0) is 72.3 Å². The molecule has 1 fully saturated rings. The molecular weight excluding hydrogens is 391 g/mol. The Bertz CT molecular complexity index is 960. The van der Waals surface area contributed by atoms with Gasteiger partial charge < -0.3 is 25.8 Å². The molecule has 6 nitrogen and oxygen atoms in total. The van der Waals surface area contributed by atoms with Gasteiger partial charge in [-0.2, -0.15) is 0 Å². The molecule has 0 amide bonds. The third-order valence-electron chi connectivity index (χ3n) is 7.27. The second kappa shape index (κ2) is 8.65. The zero-order valence-electron chi connectivity index (χ0n) is 18.0. The van der Waals surface area contributed by atoms with Crippen molar-refractivity contribution >= 4 is 18.8 Å². The van der Waals surface area contributed by atoms with Gasteiger partial charge in [0.25, 0.3) is 0 Å². The maximum Gasteiger partial charge on any atom is 0.451 e. The maximum absolute atomic E-state index is 11.9. The summed E-state index contributed by atoms with van der Waals surface area (Å²) in [5.74, 6) is -1.03. The van der Waals surface area contributed by atoms with Gasteiger partial charge >= 0.3 is 13.1 Å². The van der Waals surface area contributed by atoms with Crippen LogP contribution in [-0.2, 0) is 11.2 Å². The molecule has 0 unspecified atom stereocenters. The third kappa shape index (κ3) is 4.22. The van der Waals surface area contributed by atoms with Gasteiger partial charge in [0.2, 0.25) is 0 Å². The molecule has 1 atom stereocenters. The number of hydrogen-bond acceptors (Lipinski definition) is 5. The minimum atomic E-state index is -1.35. The molecule has 0 saturated heterocycles. The summed E-state index contributed by atoms with van der Waals surface area (Å²) in [6.45, 7) is 0. The molecular formula is C24H31BN2O4. The van der Waals surface area contributed by atoms with Crippen LogP contribution in [0.1, 0.15) is 43.2 Å². The van der Waals surface area contributed by atoms with Crippen LogP contribution in [0.4, 0.5) is 5.69 Å². The van der Waals surface area contributed by atoms with Gasteiger partial charge in [0, 0.05) is 18.8 Å². The average molecular weight is 422 g/mol. The van der Waals surface area contributed by atoms with Gasteiger partial charge in [0.15, 0.2) is 0 Å². The molecule has 4 rings (SSSR count). The van der Waals surface area contributed by atoms with Crippen molar-refractivity contribution in [2.24, 2.45) is 11.7 Å². The molecule has 0 spiro atoms. The van der Waals surface area contributed by atoms with Crippen molar-refractivity contribution in [3.05, 3.63) is 53.6 Å². The second-order valence-corrected chi connectivity index (χ2v) is 9.18. The SMILES string of the molecule is CN(c1ccc2c(c1)Cc1ccccc1-2)[C@H]1C[C@H]([C@@](N)(CCCCB(O)O)C(=O)O)C1. The second-order valence-electron chi connectivity index (χ2n) is 9.18. The first-order valence-electron chi connectivity index (χ1n) is 11.1. The fourth-order valence-corrected chi connectivity index (χ4v) is 5.12. The Balaban J connectivity index is 1.38. The lowest BCUT2D eigenvalue weighted by Gasteiger charge is -2.48. The monoisotopic (exact) mass is 422 g/mol. The number of benzene rings is 2. The number of carbonyl (C=O) groups is 1. The highest BCUT2D eigenvalue weighted by Gasteiger charge is 2.49. The Morgan fingerprint density at radius 2 is 1.84 bits per heavy atom. The summed E-state index contributed by atoms with van der Waals surface area (Å²) in [6, 6.07) is 15.4. The van der Waals surface area contributed by atoms with E-state index in [0.29, 0.717) is 19.3 Å². The number of carboxylic acid groups (broad SMARTS) is 1. The third-order valence-corrected chi connectivity index (χ3v) is 7.27. The Morgan fingerprint density at radius 3 is 2.55 bits per heavy atom. The zero-order chi connectivity index (χ0) is 22.2. The molecule has 2 aromatic carbocycles. The summed E-state index contributed by atoms with van der Waals surface area (Å²) >= 11 is 0. The summed E-state index contributed by atoms with van der Waals surface area (Å²) in [5.41, 5.74) is 11.6. The first-order chi connectivity index (χ1) is 14.8. The van der Waals surface area contributed by atoms with Crippen molar-refractivity contribution < 1.29 is 19.9 Å². The standard InChI is InChI=1S/C24H31BN2O4/c1-27(19-8-9-22-17(13-19)12-16-6-2-3-7-21(16)22)20-14-18(15-20)24(26,23(28)29)10-4-5-11-25(30)31/h2-3,6-9,13,18,20,30-31H,4-5,10-12,14-15,26H2,1H3,(H,28,29)/t18-,20-,24-/m0/s1. The number of anilines is 1. The molecule has 5 N–H and O–H groups in total. The van der Waals surface area contributed by atoms with Crippen molar-refractivity contribution in [1.29, 1.82) is 0 Å². The summed E-state index contributed by atoms with van der Waals surface area (Å²) in [6.07, 6.45) is 4.17. The number of rotatable bonds is 9. The van der Waals surface area contributed by atoms with E-state index in [1.54, 1.807) is 0 Å². The number of fused-ring (bicyclic) bond motifs is 3. The summed E-state index contributed by atoms with van der Waals surface area (Å²) in [4.78, 5) is 14.2. The Hall–Kier alpha value is -2.35. The van der Waals surface area contributed by atoms with E-state index in [9.17, 15) is 9.90 Å². The highest BCUT2D eigenvalue weighted by atomic mass is 16.4. The van der Waals surface area contributed by atoms with Crippen molar-refractivity contribution in [3.63, 3.8) is 0 Å². The number of carboxylic acids is 1. The minimum Gasteiger partial charge on any atom is -0.480 e. The summed E-state index contributed by atoms with van der Waals surface area (Å²) in [5, 5.41) is 27.7. The fourth-order valence-electron chi connectivity index (χ4n) is 5.12. The van der Waals surface area contributed by atoms with E-state index >= 15 is 0 Å². The van der Waals surface area contributed by atoms with Gasteiger partial charge in [-0.3, -0.25) is 4.79 Å². The Labute approximate surface area is 183 Å². The lowest BCUT2D eigenvalue weighted by Crippen LogP contribution is -2.61. The molecule has 2 aliphatic rings. The summed E-state index contributed by atoms with van der Waals surface area (Å²) < 4.78 is 0. The number of nitrogens with two attached hydrogens (primary N) is 1. The molecule has 164 valence electrons. The average Bonchev–Trinajstić information content (AvgIpc) is 3.07. The Kier molecular flexibility index (Phi) is 6.10. The van der Waals surface area contributed by atoms with E-state index in [1.807, 2.05) is 0 Å². The van der Waals surface area contributed by atoms with Gasteiger partial charge in [-0.1, -0.05) is 43.2 Å². The smallest absolute Gasteiger partial charge is 0.451 e. The van der Waals surface area contributed by atoms with E-state index in [2.05, 4.69) is 54.4 Å². The van der Waals surface area contributed by atoms with Crippen LogP contribution in [0.5, 0.6) is 0 Å². The largest absolute Gasteiger partial charge is 0.480 e. The zero-order valence-corrected chi connectivity index (χ0v) is 18.0. The van der Waals surface area contributed by atoms with Gasteiger partial charge in [-0.25, -0.2) is 0 Å². The Morgan fingerprint density at radius 1 is 1.13 bits per heavy atom. The molecule has 0 aliphatic heterocycles. The van der Waals surface area contributed by atoms with Gasteiger partial charge in [0.1, 0.15) is 5.54 Å². The first-order valence-corrected chi connectivity index (χ1v) is 11.1. The maximum atomic E-state index is 11.9. The van der Waals surface area contributed by atoms with Crippen LogP contribution in [0.2, 0.25) is 6.32 Å². The van der Waals surface area contributed by atoms with E-state index < -0.39 is 18.6 Å². The molecule has 0 heterocycles. The minimum absolute atomic E-state index is 0.0739. The quantitative estimate of drug-likeness (QED) is 0.312. The number of aliphatic carboxylic acids is 1. The van der Waals surface area contributed by atoms with Crippen molar-refractivity contribution in [2.75, 3.05) is 11.9 Å². The number of unbranched alkanes of at least 4 members (excludes halogenated alkanes) is 1. The van der Waals surface area contributed by atoms with Crippen molar-refractivity contribution in [1.82, 2.24) is 0 Å². The number of nitrogens with zero attached hydrogens (tertiary/aromatic N) is 1. The van der Waals surface area contributed by atoms with Crippen molar-refractivity contribution in [3.8, 4) is 11.1 Å². The molecule has 0 aromatic heterocycles. The van der Waals surface area contributed by atoms with E-state index in [-0.39, 0.29) is 18.3 Å². The molecule has 0 radical (unpaired) electrons. The topological polar surface area (TPSA) is 107 Å². The van der Waals surface area contributed by atoms with E-state index in [0.717, 1.165) is 24.9 Å². The lowest BCUT2D eigenvalue weighted by molar-refractivity contribution is -0.147. The molecule has 2 aliphatic carbocycles. The summed E-state index contributed by atoms with van der Waals surface area (Å²) in [7, 11) is 0.727. The predicted molar refractivity (Wildman–Crippen MR) is 123 cm³/mol. The lowest BCUT2D eigenvalue weighted by atomic mass is 9.65. The number of hydrogen-bond donors (Lipinski definition) is 4. The van der Waals surface area contributed by atoms with Gasteiger partial charge in [0.05, 0.1) is 0 Å². The van der Waals surface area contributed by atoms with E-state index in [1.165, 1.54) is 22.3 Å². The highest BCUT2D eigenvalue weighted by Crippen LogP contribution is 2.43. The molecule has 7 heteroatoms. The molecule has 2 aromatic rings. The molecule has 31 heavy (non-hydrogen) atoms. The van der Waals surface area contributed by atoms with E-state index in [4.69, 9.17) is 15.8 Å². The van der Waals surface area contributed by atoms with Crippen molar-refractivity contribution in [2.45, 2.75) is 56.4 Å². The normalized spacial score (nSPS) is 20.9. The van der Waals surface area contributed by atoms with Crippen LogP contribution in [-0.4, -0.2) is 46.9 Å². The van der Waals surface area contributed by atoms with Crippen LogP contribution < -0.4 is 10.6 Å². The fraction of sp³-hybridized carbons (Fsp3) is 0.458. The van der Waals surface area contributed by atoms with Crippen LogP contribution in [0, 0.1) is 5.92 Å². The van der Waals surface area contributed by atoms with Crippen LogP contribution in [0.25, 0.3) is 11.1 Å². The highest BCUT2D eigenvalue weighted by molar-refractivity contribution is 6.40. The van der Waals surface area contributed by atoms with Crippen LogP contribution in [0.15, 0.2) is 42.5 Å². The van der Waals surface area contributed by atoms with Gasteiger partial charge in [-0.15, -0.1) is 0 Å². The van der Waals surface area contributed by atoms with Crippen LogP contribution >= 0.6 is 0 Å². The predicted octanol–water partition coefficient (Wildman–Crippen LogP) is 2.90. The molecule has 0 bridgehead atoms.